The molecule has 0 saturated carbocycles. The number of benzene rings is 1. The van der Waals surface area contributed by atoms with E-state index in [1.165, 1.54) is 16.6 Å². The lowest BCUT2D eigenvalue weighted by atomic mass is 10.3. The Kier molecular flexibility index (Phi) is 3.40. The summed E-state index contributed by atoms with van der Waals surface area (Å²) < 4.78 is 5.42. The van der Waals surface area contributed by atoms with E-state index in [0.29, 0.717) is 0 Å². The second-order valence-electron chi connectivity index (χ2n) is 4.67. The maximum Gasteiger partial charge on any atom is 0.0642 e. The van der Waals surface area contributed by atoms with Crippen LogP contribution in [0.15, 0.2) is 41.9 Å². The SMILES string of the molecule is Cc1cp(-c2ccccc2)cc1N1CCOCC1. The van der Waals surface area contributed by atoms with Crippen LogP contribution in [0, 0.1) is 6.92 Å². The Hall–Kier alpha value is -1.24. The van der Waals surface area contributed by atoms with Crippen LogP contribution in [0.25, 0.3) is 5.30 Å². The van der Waals surface area contributed by atoms with Crippen molar-refractivity contribution in [2.75, 3.05) is 31.2 Å². The van der Waals surface area contributed by atoms with Gasteiger partial charge >= 0.3 is 0 Å². The molecule has 1 aliphatic heterocycles. The van der Waals surface area contributed by atoms with Gasteiger partial charge in [-0.2, -0.15) is 0 Å². The number of ether oxygens (including phenoxy) is 1. The van der Waals surface area contributed by atoms with Crippen LogP contribution in [0.5, 0.6) is 0 Å². The molecule has 0 radical (unpaired) electrons. The maximum atomic E-state index is 5.42. The van der Waals surface area contributed by atoms with Gasteiger partial charge < -0.3 is 9.64 Å². The van der Waals surface area contributed by atoms with Crippen molar-refractivity contribution in [1.82, 2.24) is 0 Å². The van der Waals surface area contributed by atoms with Gasteiger partial charge in [0.15, 0.2) is 0 Å². The topological polar surface area (TPSA) is 12.5 Å². The average molecular weight is 259 g/mol. The van der Waals surface area contributed by atoms with E-state index in [1.807, 2.05) is 0 Å². The summed E-state index contributed by atoms with van der Waals surface area (Å²) in [5.74, 6) is 4.88. The van der Waals surface area contributed by atoms with Crippen LogP contribution < -0.4 is 4.90 Å². The molecule has 94 valence electrons. The van der Waals surface area contributed by atoms with E-state index in [1.54, 1.807) is 0 Å². The van der Waals surface area contributed by atoms with Crippen LogP contribution in [0.1, 0.15) is 5.56 Å². The molecule has 0 aliphatic carbocycles. The monoisotopic (exact) mass is 259 g/mol. The second-order valence-corrected chi connectivity index (χ2v) is 6.52. The van der Waals surface area contributed by atoms with Gasteiger partial charge in [-0.05, 0) is 29.4 Å². The summed E-state index contributed by atoms with van der Waals surface area (Å²) in [5.41, 5.74) is 2.85. The summed E-state index contributed by atoms with van der Waals surface area (Å²) in [6.45, 7) is 5.98. The van der Waals surface area contributed by atoms with Crippen LogP contribution in [0.3, 0.4) is 0 Å². The van der Waals surface area contributed by atoms with Gasteiger partial charge in [0.25, 0.3) is 0 Å². The third-order valence-corrected chi connectivity index (χ3v) is 5.49. The third-order valence-electron chi connectivity index (χ3n) is 3.40. The maximum absolute atomic E-state index is 5.42. The van der Waals surface area contributed by atoms with Crippen molar-refractivity contribution < 1.29 is 4.74 Å². The van der Waals surface area contributed by atoms with Crippen molar-refractivity contribution in [3.05, 3.63) is 47.5 Å². The zero-order valence-corrected chi connectivity index (χ0v) is 11.6. The summed E-state index contributed by atoms with van der Waals surface area (Å²) in [4.78, 5) is 2.46. The molecule has 1 unspecified atom stereocenters. The van der Waals surface area contributed by atoms with Crippen molar-refractivity contribution in [3.8, 4) is 5.30 Å². The lowest BCUT2D eigenvalue weighted by Crippen LogP contribution is -2.36. The summed E-state index contributed by atoms with van der Waals surface area (Å²) in [7, 11) is -0.250. The zero-order chi connectivity index (χ0) is 12.4. The molecule has 2 heterocycles. The van der Waals surface area contributed by atoms with Gasteiger partial charge in [0.1, 0.15) is 0 Å². The summed E-state index contributed by atoms with van der Waals surface area (Å²) in [6, 6.07) is 10.8. The Morgan fingerprint density at radius 3 is 2.50 bits per heavy atom. The zero-order valence-electron chi connectivity index (χ0n) is 10.7. The highest BCUT2D eigenvalue weighted by atomic mass is 31.1. The number of aryl methyl sites for hydroxylation is 1. The highest BCUT2D eigenvalue weighted by Gasteiger charge is 2.15. The lowest BCUT2D eigenvalue weighted by Gasteiger charge is -2.28. The first-order valence-electron chi connectivity index (χ1n) is 6.41. The van der Waals surface area contributed by atoms with Crippen LogP contribution in [-0.4, -0.2) is 26.3 Å². The largest absolute Gasteiger partial charge is 0.378 e. The Bertz CT molecular complexity index is 515. The lowest BCUT2D eigenvalue weighted by molar-refractivity contribution is 0.122. The molecule has 3 heteroatoms. The fraction of sp³-hybridized carbons (Fsp3) is 0.333. The number of hydrogen-bond acceptors (Lipinski definition) is 2. The van der Waals surface area contributed by atoms with E-state index in [0.717, 1.165) is 26.3 Å². The van der Waals surface area contributed by atoms with Crippen molar-refractivity contribution in [3.63, 3.8) is 0 Å². The highest BCUT2D eigenvalue weighted by Crippen LogP contribution is 2.45. The minimum Gasteiger partial charge on any atom is -0.378 e. The predicted octanol–water partition coefficient (Wildman–Crippen LogP) is 3.81. The molecule has 0 spiro atoms. The summed E-state index contributed by atoms with van der Waals surface area (Å²) in [6.07, 6.45) is 0. The van der Waals surface area contributed by atoms with Crippen LogP contribution in [0.2, 0.25) is 0 Å². The first kappa shape index (κ1) is 11.8. The molecular weight excluding hydrogens is 241 g/mol. The van der Waals surface area contributed by atoms with Crippen molar-refractivity contribution in [1.29, 1.82) is 0 Å². The third kappa shape index (κ3) is 2.31. The number of morpholine rings is 1. The summed E-state index contributed by atoms with van der Waals surface area (Å²) in [5, 5.41) is 1.44. The predicted molar refractivity (Wildman–Crippen MR) is 78.3 cm³/mol. The first-order valence-corrected chi connectivity index (χ1v) is 7.89. The molecule has 0 amide bonds. The normalized spacial score (nSPS) is 16.9. The standard InChI is InChI=1S/C15H18NOP/c1-13-11-18(14-5-3-2-4-6-14)12-15(13)16-7-9-17-10-8-16/h2-6,11-12H,7-10H2,1H3. The molecule has 2 nitrogen and oxygen atoms in total. The Morgan fingerprint density at radius 1 is 1.06 bits per heavy atom. The molecule has 1 fully saturated rings. The van der Waals surface area contributed by atoms with Gasteiger partial charge in [-0.3, -0.25) is 0 Å². The number of rotatable bonds is 2. The van der Waals surface area contributed by atoms with Gasteiger partial charge in [0.2, 0.25) is 0 Å². The molecule has 1 aromatic carbocycles. The van der Waals surface area contributed by atoms with Gasteiger partial charge in [-0.15, -0.1) is 0 Å². The number of hydrogen-bond donors (Lipinski definition) is 0. The molecule has 1 aliphatic rings. The van der Waals surface area contributed by atoms with Crippen molar-refractivity contribution in [2.24, 2.45) is 0 Å². The highest BCUT2D eigenvalue weighted by molar-refractivity contribution is 7.56. The molecule has 0 N–H and O–H groups in total. The van der Waals surface area contributed by atoms with Gasteiger partial charge in [0, 0.05) is 18.8 Å². The molecule has 0 bridgehead atoms. The van der Waals surface area contributed by atoms with E-state index in [2.05, 4.69) is 53.8 Å². The molecule has 1 atom stereocenters. The van der Waals surface area contributed by atoms with E-state index in [4.69, 9.17) is 4.74 Å². The van der Waals surface area contributed by atoms with Gasteiger partial charge in [0.05, 0.1) is 13.2 Å². The fourth-order valence-electron chi connectivity index (χ4n) is 2.43. The van der Waals surface area contributed by atoms with E-state index >= 15 is 0 Å². The van der Waals surface area contributed by atoms with E-state index in [9.17, 15) is 0 Å². The van der Waals surface area contributed by atoms with E-state index in [-0.39, 0.29) is 7.53 Å². The van der Waals surface area contributed by atoms with Crippen molar-refractivity contribution in [2.45, 2.75) is 6.92 Å². The molecule has 1 aromatic heterocycles. The first-order chi connectivity index (χ1) is 8.84. The Morgan fingerprint density at radius 2 is 1.78 bits per heavy atom. The fourth-order valence-corrected chi connectivity index (χ4v) is 4.50. The van der Waals surface area contributed by atoms with Crippen molar-refractivity contribution >= 4 is 13.2 Å². The Balaban J connectivity index is 1.91. The van der Waals surface area contributed by atoms with Gasteiger partial charge in [-0.1, -0.05) is 37.9 Å². The summed E-state index contributed by atoms with van der Waals surface area (Å²) >= 11 is 0. The Labute approximate surface area is 109 Å². The quantitative estimate of drug-likeness (QED) is 0.813. The van der Waals surface area contributed by atoms with Gasteiger partial charge in [-0.25, -0.2) is 0 Å². The molecule has 1 saturated heterocycles. The number of nitrogens with zero attached hydrogens (tertiary/aromatic N) is 1. The minimum absolute atomic E-state index is 0.250. The smallest absolute Gasteiger partial charge is 0.0642 e. The average Bonchev–Trinajstić information content (AvgIpc) is 2.83. The number of anilines is 1. The van der Waals surface area contributed by atoms with E-state index < -0.39 is 0 Å². The molecule has 18 heavy (non-hydrogen) atoms. The molecular formula is C15H18NOP. The van der Waals surface area contributed by atoms with Crippen LogP contribution in [0.4, 0.5) is 5.69 Å². The molecule has 2 aromatic rings. The molecule has 3 rings (SSSR count). The van der Waals surface area contributed by atoms with Crippen LogP contribution >= 0.6 is 7.53 Å². The second kappa shape index (κ2) is 5.17. The van der Waals surface area contributed by atoms with Crippen LogP contribution in [-0.2, 0) is 4.74 Å². The minimum atomic E-state index is -0.250.